The molecular formula is C29H32ClN5O9S3. The van der Waals surface area contributed by atoms with E-state index in [1.54, 1.807) is 32.0 Å². The highest BCUT2D eigenvalue weighted by Gasteiger charge is 2.55. The molecule has 14 nitrogen and oxygen atoms in total. The largest absolute Gasteiger partial charge is 0.511 e. The lowest BCUT2D eigenvalue weighted by Gasteiger charge is -2.49. The predicted octanol–water partition coefficient (Wildman–Crippen LogP) is 2.37. The van der Waals surface area contributed by atoms with Crippen LogP contribution >= 0.6 is 47.7 Å². The number of aromatic nitrogens is 2. The molecule has 0 spiro atoms. The van der Waals surface area contributed by atoms with Gasteiger partial charge in [0, 0.05) is 29.4 Å². The summed E-state index contributed by atoms with van der Waals surface area (Å²) in [4.78, 5) is 66.5. The highest BCUT2D eigenvalue weighted by Crippen LogP contribution is 2.42. The first-order chi connectivity index (χ1) is 22.0. The van der Waals surface area contributed by atoms with Gasteiger partial charge in [0.2, 0.25) is 6.29 Å². The van der Waals surface area contributed by atoms with Crippen LogP contribution in [0.2, 0.25) is 0 Å². The van der Waals surface area contributed by atoms with E-state index in [0.717, 1.165) is 11.3 Å². The second kappa shape index (κ2) is 15.6. The number of thioether (sulfide) groups is 1. The molecule has 0 aliphatic carbocycles. The fourth-order valence-electron chi connectivity index (χ4n) is 5.25. The highest BCUT2D eigenvalue weighted by atomic mass is 35.5. The molecule has 5 rings (SSSR count). The minimum atomic E-state index is -1.73. The first-order valence-corrected chi connectivity index (χ1v) is 16.7. The van der Waals surface area contributed by atoms with Gasteiger partial charge in [0.05, 0.1) is 17.5 Å². The third kappa shape index (κ3) is 7.65. The molecule has 1 aromatic heterocycles. The number of carbonyl (C=O) groups excluding carboxylic acids is 5. The SMILES string of the molecule is CCOC(=O)OC(C)OC(=O)C1=C(C(=S)c2nnc(C)s2)CS[C@H]2C(NC(=O)C(O)c3ccccc3C(=O)[C@@H]3CCCN3)C(=O)N12.Cl. The van der Waals surface area contributed by atoms with Gasteiger partial charge in [-0.1, -0.05) is 47.8 Å². The van der Waals surface area contributed by atoms with Crippen LogP contribution in [-0.4, -0.2) is 97.4 Å². The Morgan fingerprint density at radius 2 is 1.96 bits per heavy atom. The van der Waals surface area contributed by atoms with Crippen molar-refractivity contribution in [3.05, 3.63) is 56.7 Å². The van der Waals surface area contributed by atoms with Gasteiger partial charge in [0.1, 0.15) is 22.1 Å². The van der Waals surface area contributed by atoms with Crippen LogP contribution in [0.3, 0.4) is 0 Å². The zero-order valence-electron chi connectivity index (χ0n) is 25.4. The number of Topliss-reactive ketones (excluding diaryl/α,β-unsaturated/α-hetero) is 1. The van der Waals surface area contributed by atoms with Crippen LogP contribution in [0.5, 0.6) is 0 Å². The van der Waals surface area contributed by atoms with Crippen molar-refractivity contribution in [3.63, 3.8) is 0 Å². The minimum absolute atomic E-state index is 0. The summed E-state index contributed by atoms with van der Waals surface area (Å²) >= 11 is 8.08. The van der Waals surface area contributed by atoms with Gasteiger partial charge in [-0.3, -0.25) is 19.3 Å². The molecule has 47 heavy (non-hydrogen) atoms. The molecule has 2 saturated heterocycles. The van der Waals surface area contributed by atoms with Crippen molar-refractivity contribution in [1.29, 1.82) is 0 Å². The van der Waals surface area contributed by atoms with Crippen molar-refractivity contribution in [1.82, 2.24) is 25.7 Å². The first-order valence-electron chi connectivity index (χ1n) is 14.4. The number of nitrogens with one attached hydrogen (secondary N) is 2. The Labute approximate surface area is 289 Å². The topological polar surface area (TPSA) is 186 Å². The van der Waals surface area contributed by atoms with Gasteiger partial charge in [-0.2, -0.15) is 0 Å². The number of hydrogen-bond acceptors (Lipinski definition) is 15. The first kappa shape index (κ1) is 36.4. The molecule has 252 valence electrons. The van der Waals surface area contributed by atoms with E-state index in [0.29, 0.717) is 23.0 Å². The number of carbonyl (C=O) groups is 5. The van der Waals surface area contributed by atoms with Crippen molar-refractivity contribution >= 4 is 82.3 Å². The molecule has 3 N–H and O–H groups in total. The van der Waals surface area contributed by atoms with Gasteiger partial charge in [0.25, 0.3) is 11.8 Å². The van der Waals surface area contributed by atoms with E-state index in [2.05, 4.69) is 20.8 Å². The van der Waals surface area contributed by atoms with E-state index in [9.17, 15) is 29.1 Å². The molecule has 18 heteroatoms. The molecule has 2 aromatic rings. The Bertz CT molecular complexity index is 1610. The molecule has 0 bridgehead atoms. The van der Waals surface area contributed by atoms with Crippen LogP contribution in [-0.2, 0) is 28.6 Å². The molecule has 4 heterocycles. The summed E-state index contributed by atoms with van der Waals surface area (Å²) in [7, 11) is 0. The Balaban J connectivity index is 0.00000500. The summed E-state index contributed by atoms with van der Waals surface area (Å²) in [6.45, 7) is 5.39. The zero-order valence-corrected chi connectivity index (χ0v) is 28.7. The van der Waals surface area contributed by atoms with E-state index in [4.69, 9.17) is 26.4 Å². The van der Waals surface area contributed by atoms with Crippen LogP contribution in [0.4, 0.5) is 4.79 Å². The number of aliphatic hydroxyl groups is 1. The van der Waals surface area contributed by atoms with Gasteiger partial charge in [0.15, 0.2) is 16.9 Å². The number of esters is 1. The van der Waals surface area contributed by atoms with Crippen LogP contribution in [0.1, 0.15) is 58.7 Å². The standard InChI is InChI=1S/C29H31N5O9S3.ClH/c1-4-41-29(40)43-14(3)42-28(39)20-17(23(44)25-33-32-13(2)46-25)12-45-27-19(26(38)34(20)27)31-24(37)22(36)16-9-6-5-8-15(16)21(35)18-10-7-11-30-18;/h5-6,8-9,14,18-19,22,27,30,36H,4,7,10-12H2,1-3H3,(H,31,37);1H/t14?,18-,19?,22?,27-;/m0./s1. The molecule has 3 unspecified atom stereocenters. The van der Waals surface area contributed by atoms with E-state index in [1.165, 1.54) is 36.1 Å². The second-order valence-electron chi connectivity index (χ2n) is 10.5. The summed E-state index contributed by atoms with van der Waals surface area (Å²) in [6.07, 6.45) is -2.65. The average molecular weight is 726 g/mol. The molecule has 0 radical (unpaired) electrons. The van der Waals surface area contributed by atoms with Crippen molar-refractivity contribution in [3.8, 4) is 0 Å². The van der Waals surface area contributed by atoms with E-state index < -0.39 is 53.8 Å². The Kier molecular flexibility index (Phi) is 12.1. The van der Waals surface area contributed by atoms with E-state index in [-0.39, 0.29) is 57.8 Å². The third-order valence-corrected chi connectivity index (χ3v) is 10.1. The second-order valence-corrected chi connectivity index (χ2v) is 13.2. The van der Waals surface area contributed by atoms with Gasteiger partial charge in [-0.05, 0) is 33.2 Å². The molecular weight excluding hydrogens is 694 g/mol. The van der Waals surface area contributed by atoms with Crippen LogP contribution in [0.15, 0.2) is 35.5 Å². The molecule has 0 saturated carbocycles. The monoisotopic (exact) mass is 725 g/mol. The normalized spacial score (nSPS) is 21.4. The number of amides is 2. The fourth-order valence-corrected chi connectivity index (χ4v) is 7.69. The number of β-lactam (4-membered cyclic amide) rings is 1. The number of nitrogens with zero attached hydrogens (tertiary/aromatic N) is 3. The maximum Gasteiger partial charge on any atom is 0.511 e. The number of ketones is 1. The lowest BCUT2D eigenvalue weighted by molar-refractivity contribution is -0.169. The summed E-state index contributed by atoms with van der Waals surface area (Å²) in [5.74, 6) is -2.61. The quantitative estimate of drug-likeness (QED) is 0.101. The van der Waals surface area contributed by atoms with E-state index in [1.807, 2.05) is 0 Å². The lowest BCUT2D eigenvalue weighted by Crippen LogP contribution is -2.71. The number of halogens is 1. The average Bonchev–Trinajstić information content (AvgIpc) is 3.74. The molecule has 1 aromatic carbocycles. The van der Waals surface area contributed by atoms with Crippen molar-refractivity contribution in [2.24, 2.45) is 0 Å². The summed E-state index contributed by atoms with van der Waals surface area (Å²) in [6, 6.07) is 4.80. The Morgan fingerprint density at radius 3 is 2.62 bits per heavy atom. The number of hydrogen-bond donors (Lipinski definition) is 3. The number of aliphatic hydroxyl groups excluding tert-OH is 1. The predicted molar refractivity (Wildman–Crippen MR) is 176 cm³/mol. The maximum absolute atomic E-state index is 13.6. The number of benzene rings is 1. The number of thiocarbonyl (C=S) groups is 1. The highest BCUT2D eigenvalue weighted by molar-refractivity contribution is 8.00. The Morgan fingerprint density at radius 1 is 1.21 bits per heavy atom. The Hall–Kier alpha value is -3.48. The molecule has 5 atom stereocenters. The van der Waals surface area contributed by atoms with Gasteiger partial charge in [-0.25, -0.2) is 9.59 Å². The van der Waals surface area contributed by atoms with Crippen molar-refractivity contribution < 1.29 is 43.3 Å². The van der Waals surface area contributed by atoms with Crippen molar-refractivity contribution in [2.75, 3.05) is 18.9 Å². The number of aryl methyl sites for hydroxylation is 1. The van der Waals surface area contributed by atoms with Gasteiger partial charge in [-0.15, -0.1) is 34.4 Å². The zero-order chi connectivity index (χ0) is 33.1. The fraction of sp³-hybridized carbons (Fsp3) is 0.448. The van der Waals surface area contributed by atoms with Gasteiger partial charge < -0.3 is 30.0 Å². The molecule has 3 aliphatic rings. The summed E-state index contributed by atoms with van der Waals surface area (Å²) in [5.41, 5.74) is 0.442. The lowest BCUT2D eigenvalue weighted by atomic mass is 9.94. The molecule has 2 fully saturated rings. The van der Waals surface area contributed by atoms with Crippen LogP contribution < -0.4 is 10.6 Å². The smallest absolute Gasteiger partial charge is 0.435 e. The summed E-state index contributed by atoms with van der Waals surface area (Å²) < 4.78 is 15.0. The molecule has 2 amide bonds. The number of fused-ring (bicyclic) bond motifs is 1. The minimum Gasteiger partial charge on any atom is -0.435 e. The maximum atomic E-state index is 13.6. The van der Waals surface area contributed by atoms with Crippen LogP contribution in [0, 0.1) is 6.92 Å². The molecule has 3 aliphatic heterocycles. The van der Waals surface area contributed by atoms with Crippen molar-refractivity contribution in [2.45, 2.75) is 63.5 Å². The number of ether oxygens (including phenoxy) is 3. The van der Waals surface area contributed by atoms with Gasteiger partial charge >= 0.3 is 12.1 Å². The van der Waals surface area contributed by atoms with E-state index >= 15 is 0 Å². The summed E-state index contributed by atoms with van der Waals surface area (Å²) in [5, 5.41) is 25.0. The van der Waals surface area contributed by atoms with Crippen LogP contribution in [0.25, 0.3) is 0 Å². The third-order valence-electron chi connectivity index (χ3n) is 7.40. The number of rotatable bonds is 11.